The van der Waals surface area contributed by atoms with Crippen molar-refractivity contribution >= 4 is 28.6 Å². The Labute approximate surface area is 130 Å². The summed E-state index contributed by atoms with van der Waals surface area (Å²) in [5.74, 6) is 2.84. The van der Waals surface area contributed by atoms with Crippen molar-refractivity contribution in [2.24, 2.45) is 7.05 Å². The zero-order valence-electron chi connectivity index (χ0n) is 13.4. The Bertz CT molecular complexity index is 596. The molecule has 0 radical (unpaired) electrons. The lowest BCUT2D eigenvalue weighted by Gasteiger charge is -2.23. The van der Waals surface area contributed by atoms with E-state index < -0.39 is 0 Å². The minimum absolute atomic E-state index is 0.515. The van der Waals surface area contributed by atoms with Crippen LogP contribution in [0.15, 0.2) is 6.20 Å². The van der Waals surface area contributed by atoms with Crippen molar-refractivity contribution in [2.45, 2.75) is 25.9 Å². The number of nitrogens with zero attached hydrogens (tertiary/aromatic N) is 5. The van der Waals surface area contributed by atoms with Crippen molar-refractivity contribution in [1.29, 1.82) is 0 Å². The van der Waals surface area contributed by atoms with Crippen LogP contribution in [0.3, 0.4) is 0 Å². The molecule has 1 atom stereocenters. The monoisotopic (exact) mass is 308 g/mol. The lowest BCUT2D eigenvalue weighted by Crippen LogP contribution is -2.30. The van der Waals surface area contributed by atoms with Gasteiger partial charge >= 0.3 is 0 Å². The molecule has 0 spiro atoms. The first kappa shape index (κ1) is 16.0. The number of rotatable bonds is 7. The first-order valence-electron chi connectivity index (χ1n) is 7.12. The first-order valence-corrected chi connectivity index (χ1v) is 8.51. The summed E-state index contributed by atoms with van der Waals surface area (Å²) in [5, 5.41) is 8.35. The molecule has 6 nitrogen and oxygen atoms in total. The topological polar surface area (TPSA) is 58.9 Å². The summed E-state index contributed by atoms with van der Waals surface area (Å²) in [5.41, 5.74) is 0.870. The van der Waals surface area contributed by atoms with Gasteiger partial charge in [-0.05, 0) is 32.4 Å². The fourth-order valence-electron chi connectivity index (χ4n) is 2.22. The molecule has 2 aromatic heterocycles. The van der Waals surface area contributed by atoms with Gasteiger partial charge in [0.25, 0.3) is 0 Å². The van der Waals surface area contributed by atoms with Gasteiger partial charge < -0.3 is 5.32 Å². The van der Waals surface area contributed by atoms with E-state index in [1.54, 1.807) is 10.9 Å². The van der Waals surface area contributed by atoms with E-state index in [1.165, 1.54) is 12.2 Å². The third-order valence-corrected chi connectivity index (χ3v) is 4.40. The zero-order chi connectivity index (χ0) is 15.4. The van der Waals surface area contributed by atoms with Crippen molar-refractivity contribution in [3.63, 3.8) is 0 Å². The van der Waals surface area contributed by atoms with Crippen molar-refractivity contribution in [1.82, 2.24) is 24.6 Å². The Morgan fingerprint density at radius 2 is 2.19 bits per heavy atom. The van der Waals surface area contributed by atoms with Crippen molar-refractivity contribution in [3.8, 4) is 0 Å². The molecular weight excluding hydrogens is 284 g/mol. The normalized spacial score (nSPS) is 13.0. The van der Waals surface area contributed by atoms with Gasteiger partial charge in [-0.25, -0.2) is 9.97 Å². The van der Waals surface area contributed by atoms with E-state index >= 15 is 0 Å². The van der Waals surface area contributed by atoms with Gasteiger partial charge in [-0.1, -0.05) is 0 Å². The van der Waals surface area contributed by atoms with E-state index in [0.29, 0.717) is 6.04 Å². The SMILES string of the molecule is CNc1nc(CN(C)C(C)CCSC)nc2c1cnn2C. The van der Waals surface area contributed by atoms with Gasteiger partial charge in [0.05, 0.1) is 18.1 Å². The molecule has 0 saturated heterocycles. The minimum atomic E-state index is 0.515. The largest absolute Gasteiger partial charge is 0.372 e. The highest BCUT2D eigenvalue weighted by molar-refractivity contribution is 7.98. The van der Waals surface area contributed by atoms with Crippen LogP contribution in [0.2, 0.25) is 0 Å². The molecule has 0 bridgehead atoms. The third-order valence-electron chi connectivity index (χ3n) is 3.76. The zero-order valence-corrected chi connectivity index (χ0v) is 14.2. The van der Waals surface area contributed by atoms with E-state index in [2.05, 4.69) is 45.5 Å². The average Bonchev–Trinajstić information content (AvgIpc) is 2.85. The number of aromatic nitrogens is 4. The van der Waals surface area contributed by atoms with Crippen LogP contribution in [0.1, 0.15) is 19.2 Å². The van der Waals surface area contributed by atoms with Crippen molar-refractivity contribution < 1.29 is 0 Å². The number of hydrogen-bond acceptors (Lipinski definition) is 6. The molecule has 116 valence electrons. The molecule has 21 heavy (non-hydrogen) atoms. The third kappa shape index (κ3) is 3.65. The van der Waals surface area contributed by atoms with Crippen molar-refractivity contribution in [3.05, 3.63) is 12.0 Å². The molecule has 2 heterocycles. The van der Waals surface area contributed by atoms with Gasteiger partial charge in [-0.15, -0.1) is 0 Å². The van der Waals surface area contributed by atoms with E-state index in [-0.39, 0.29) is 0 Å². The fourth-order valence-corrected chi connectivity index (χ4v) is 2.79. The minimum Gasteiger partial charge on any atom is -0.372 e. The van der Waals surface area contributed by atoms with Crippen LogP contribution in [-0.4, -0.2) is 56.8 Å². The lowest BCUT2D eigenvalue weighted by atomic mass is 10.2. The molecule has 0 aromatic carbocycles. The fraction of sp³-hybridized carbons (Fsp3) is 0.643. The Morgan fingerprint density at radius 3 is 2.86 bits per heavy atom. The molecule has 0 aliphatic heterocycles. The smallest absolute Gasteiger partial charge is 0.163 e. The maximum atomic E-state index is 4.65. The first-order chi connectivity index (χ1) is 10.1. The second kappa shape index (κ2) is 7.09. The van der Waals surface area contributed by atoms with Crippen LogP contribution in [-0.2, 0) is 13.6 Å². The average molecular weight is 308 g/mol. The molecule has 0 fully saturated rings. The number of thioether (sulfide) groups is 1. The van der Waals surface area contributed by atoms with Crippen LogP contribution in [0, 0.1) is 0 Å². The van der Waals surface area contributed by atoms with Crippen molar-refractivity contribution in [2.75, 3.05) is 31.4 Å². The molecule has 0 aliphatic carbocycles. The summed E-state index contributed by atoms with van der Waals surface area (Å²) in [7, 11) is 5.91. The van der Waals surface area contributed by atoms with Crippen LogP contribution < -0.4 is 5.32 Å². The molecule has 2 aromatic rings. The highest BCUT2D eigenvalue weighted by Crippen LogP contribution is 2.19. The highest BCUT2D eigenvalue weighted by Gasteiger charge is 2.14. The molecule has 7 heteroatoms. The summed E-state index contributed by atoms with van der Waals surface area (Å²) < 4.78 is 1.79. The van der Waals surface area contributed by atoms with Crippen LogP contribution in [0.25, 0.3) is 11.0 Å². The summed E-state index contributed by atoms with van der Waals surface area (Å²) in [4.78, 5) is 11.6. The maximum absolute atomic E-state index is 4.65. The number of hydrogen-bond donors (Lipinski definition) is 1. The highest BCUT2D eigenvalue weighted by atomic mass is 32.2. The quantitative estimate of drug-likeness (QED) is 0.844. The molecule has 0 aliphatic rings. The van der Waals surface area contributed by atoms with Gasteiger partial charge in [-0.2, -0.15) is 16.9 Å². The van der Waals surface area contributed by atoms with Crippen LogP contribution in [0.5, 0.6) is 0 Å². The lowest BCUT2D eigenvalue weighted by molar-refractivity contribution is 0.239. The molecule has 2 rings (SSSR count). The van der Waals surface area contributed by atoms with Gasteiger partial charge in [0.1, 0.15) is 11.6 Å². The summed E-state index contributed by atoms with van der Waals surface area (Å²) in [6.07, 6.45) is 5.12. The van der Waals surface area contributed by atoms with Crippen LogP contribution >= 0.6 is 11.8 Å². The van der Waals surface area contributed by atoms with Crippen LogP contribution in [0.4, 0.5) is 5.82 Å². The number of fused-ring (bicyclic) bond motifs is 1. The second-order valence-electron chi connectivity index (χ2n) is 5.29. The number of aryl methyl sites for hydroxylation is 1. The molecule has 0 saturated carbocycles. The van der Waals surface area contributed by atoms with Gasteiger partial charge in [-0.3, -0.25) is 9.58 Å². The Balaban J connectivity index is 2.20. The van der Waals surface area contributed by atoms with E-state index in [4.69, 9.17) is 0 Å². The Kier molecular flexibility index (Phi) is 5.41. The number of anilines is 1. The Morgan fingerprint density at radius 1 is 1.43 bits per heavy atom. The molecule has 1 N–H and O–H groups in total. The predicted octanol–water partition coefficient (Wildman–Crippen LogP) is 1.98. The molecule has 0 amide bonds. The summed E-state index contributed by atoms with van der Waals surface area (Å²) in [6, 6.07) is 0.515. The van der Waals surface area contributed by atoms with Gasteiger partial charge in [0.2, 0.25) is 0 Å². The van der Waals surface area contributed by atoms with E-state index in [9.17, 15) is 0 Å². The number of nitrogens with one attached hydrogen (secondary N) is 1. The van der Waals surface area contributed by atoms with E-state index in [0.717, 1.165) is 29.2 Å². The second-order valence-corrected chi connectivity index (χ2v) is 6.28. The Hall–Kier alpha value is -1.34. The van der Waals surface area contributed by atoms with Gasteiger partial charge in [0, 0.05) is 20.1 Å². The maximum Gasteiger partial charge on any atom is 0.163 e. The van der Waals surface area contributed by atoms with Gasteiger partial charge in [0.15, 0.2) is 5.65 Å². The standard InChI is InChI=1S/C14H24N6S/c1-10(6-7-21-5)19(3)9-12-17-13(15-2)11-8-16-20(4)14(11)18-12/h8,10H,6-7,9H2,1-5H3,(H,15,17,18). The summed E-state index contributed by atoms with van der Waals surface area (Å²) in [6.45, 7) is 2.99. The molecular formula is C14H24N6S. The summed E-state index contributed by atoms with van der Waals surface area (Å²) >= 11 is 1.89. The predicted molar refractivity (Wildman–Crippen MR) is 89.8 cm³/mol. The molecule has 1 unspecified atom stereocenters. The van der Waals surface area contributed by atoms with E-state index in [1.807, 2.05) is 25.9 Å².